The predicted molar refractivity (Wildman–Crippen MR) is 81.1 cm³/mol. The molecular weight excluding hydrogens is 274 g/mol. The Hall–Kier alpha value is -1.52. The molecule has 2 rings (SSSR count). The third kappa shape index (κ3) is 3.74. The maximum Gasteiger partial charge on any atom is 0.138 e. The standard InChI is InChI=1S/C15H20ClN3O/c1-4-17-9-12-5-6-15(14(16)8-12)20-10-13-7-11(2)18-19(13)3/h5-8,17H,4,9-10H2,1-3H3. The molecule has 1 aromatic heterocycles. The van der Waals surface area contributed by atoms with Crippen molar-refractivity contribution in [1.82, 2.24) is 15.1 Å². The second-order valence-corrected chi connectivity index (χ2v) is 5.14. The topological polar surface area (TPSA) is 39.1 Å². The van der Waals surface area contributed by atoms with E-state index in [9.17, 15) is 0 Å². The van der Waals surface area contributed by atoms with E-state index in [1.807, 2.05) is 42.9 Å². The molecule has 1 N–H and O–H groups in total. The van der Waals surface area contributed by atoms with Gasteiger partial charge in [-0.2, -0.15) is 5.10 Å². The summed E-state index contributed by atoms with van der Waals surface area (Å²) in [5, 5.41) is 8.20. The molecule has 0 aliphatic rings. The summed E-state index contributed by atoms with van der Waals surface area (Å²) in [6, 6.07) is 7.89. The molecule has 108 valence electrons. The van der Waals surface area contributed by atoms with E-state index in [0.29, 0.717) is 17.4 Å². The molecule has 0 atom stereocenters. The van der Waals surface area contributed by atoms with E-state index >= 15 is 0 Å². The molecule has 0 aliphatic heterocycles. The van der Waals surface area contributed by atoms with Gasteiger partial charge in [0.25, 0.3) is 0 Å². The lowest BCUT2D eigenvalue weighted by Crippen LogP contribution is -2.11. The number of halogens is 1. The van der Waals surface area contributed by atoms with Gasteiger partial charge in [-0.05, 0) is 37.2 Å². The summed E-state index contributed by atoms with van der Waals surface area (Å²) in [6.45, 7) is 6.26. The van der Waals surface area contributed by atoms with Gasteiger partial charge in [0.2, 0.25) is 0 Å². The van der Waals surface area contributed by atoms with Gasteiger partial charge in [0.15, 0.2) is 0 Å². The minimum atomic E-state index is 0.462. The number of aryl methyl sites for hydroxylation is 2. The summed E-state index contributed by atoms with van der Waals surface area (Å²) in [5.74, 6) is 0.700. The van der Waals surface area contributed by atoms with Crippen LogP contribution in [0.1, 0.15) is 23.9 Å². The zero-order chi connectivity index (χ0) is 14.5. The number of nitrogens with one attached hydrogen (secondary N) is 1. The van der Waals surface area contributed by atoms with E-state index < -0.39 is 0 Å². The first-order valence-electron chi connectivity index (χ1n) is 6.71. The molecule has 1 aromatic carbocycles. The molecular formula is C15H20ClN3O. The van der Waals surface area contributed by atoms with E-state index in [2.05, 4.69) is 17.3 Å². The Kier molecular flexibility index (Phi) is 5.04. The van der Waals surface area contributed by atoms with E-state index in [-0.39, 0.29) is 0 Å². The van der Waals surface area contributed by atoms with Crippen LogP contribution in [0, 0.1) is 6.92 Å². The first-order valence-corrected chi connectivity index (χ1v) is 7.09. The van der Waals surface area contributed by atoms with Crippen molar-refractivity contribution in [2.45, 2.75) is 27.0 Å². The monoisotopic (exact) mass is 293 g/mol. The largest absolute Gasteiger partial charge is 0.486 e. The molecule has 0 radical (unpaired) electrons. The Labute approximate surface area is 124 Å². The lowest BCUT2D eigenvalue weighted by molar-refractivity contribution is 0.295. The average molecular weight is 294 g/mol. The van der Waals surface area contributed by atoms with Crippen molar-refractivity contribution < 1.29 is 4.74 Å². The number of ether oxygens (including phenoxy) is 1. The number of hydrogen-bond donors (Lipinski definition) is 1. The number of benzene rings is 1. The molecule has 0 fully saturated rings. The van der Waals surface area contributed by atoms with Gasteiger partial charge in [0.1, 0.15) is 12.4 Å². The Bertz CT molecular complexity index is 580. The van der Waals surface area contributed by atoms with E-state index in [4.69, 9.17) is 16.3 Å². The van der Waals surface area contributed by atoms with E-state index in [1.165, 1.54) is 0 Å². The highest BCUT2D eigenvalue weighted by Crippen LogP contribution is 2.26. The number of hydrogen-bond acceptors (Lipinski definition) is 3. The summed E-state index contributed by atoms with van der Waals surface area (Å²) in [6.07, 6.45) is 0. The minimum Gasteiger partial charge on any atom is -0.486 e. The quantitative estimate of drug-likeness (QED) is 0.890. The molecule has 0 amide bonds. The zero-order valence-corrected chi connectivity index (χ0v) is 12.9. The van der Waals surface area contributed by atoms with Crippen LogP contribution in [0.5, 0.6) is 5.75 Å². The van der Waals surface area contributed by atoms with Crippen LogP contribution in [0.4, 0.5) is 0 Å². The molecule has 2 aromatic rings. The Morgan fingerprint density at radius 2 is 2.15 bits per heavy atom. The van der Waals surface area contributed by atoms with Crippen LogP contribution in [0.2, 0.25) is 5.02 Å². The average Bonchev–Trinajstić information content (AvgIpc) is 2.73. The van der Waals surface area contributed by atoms with Gasteiger partial charge >= 0.3 is 0 Å². The minimum absolute atomic E-state index is 0.462. The van der Waals surface area contributed by atoms with Crippen molar-refractivity contribution in [3.05, 3.63) is 46.2 Å². The van der Waals surface area contributed by atoms with Crippen LogP contribution in [0.3, 0.4) is 0 Å². The Morgan fingerprint density at radius 1 is 1.35 bits per heavy atom. The van der Waals surface area contributed by atoms with Gasteiger partial charge in [-0.25, -0.2) is 0 Å². The van der Waals surface area contributed by atoms with Gasteiger partial charge in [-0.1, -0.05) is 24.6 Å². The summed E-state index contributed by atoms with van der Waals surface area (Å²) >= 11 is 6.24. The van der Waals surface area contributed by atoms with Gasteiger partial charge in [-0.3, -0.25) is 4.68 Å². The van der Waals surface area contributed by atoms with Crippen molar-refractivity contribution >= 4 is 11.6 Å². The summed E-state index contributed by atoms with van der Waals surface area (Å²) in [7, 11) is 1.91. The second kappa shape index (κ2) is 6.77. The maximum absolute atomic E-state index is 6.24. The summed E-state index contributed by atoms with van der Waals surface area (Å²) in [4.78, 5) is 0. The molecule has 1 heterocycles. The highest BCUT2D eigenvalue weighted by atomic mass is 35.5. The van der Waals surface area contributed by atoms with Crippen LogP contribution in [-0.4, -0.2) is 16.3 Å². The molecule has 0 bridgehead atoms. The molecule has 5 heteroatoms. The van der Waals surface area contributed by atoms with Crippen LogP contribution >= 0.6 is 11.6 Å². The van der Waals surface area contributed by atoms with Gasteiger partial charge in [0.05, 0.1) is 16.4 Å². The van der Waals surface area contributed by atoms with E-state index in [1.54, 1.807) is 0 Å². The smallest absolute Gasteiger partial charge is 0.138 e. The fourth-order valence-corrected chi connectivity index (χ4v) is 2.25. The van der Waals surface area contributed by atoms with Crippen molar-refractivity contribution in [3.63, 3.8) is 0 Å². The van der Waals surface area contributed by atoms with Gasteiger partial charge in [-0.15, -0.1) is 0 Å². The third-order valence-electron chi connectivity index (χ3n) is 3.05. The summed E-state index contributed by atoms with van der Waals surface area (Å²) < 4.78 is 7.59. The van der Waals surface area contributed by atoms with Gasteiger partial charge in [0, 0.05) is 13.6 Å². The Morgan fingerprint density at radius 3 is 2.75 bits per heavy atom. The molecule has 0 aliphatic carbocycles. The molecule has 0 spiro atoms. The summed E-state index contributed by atoms with van der Waals surface area (Å²) in [5.41, 5.74) is 3.16. The fraction of sp³-hybridized carbons (Fsp3) is 0.400. The van der Waals surface area contributed by atoms with Crippen LogP contribution in [0.25, 0.3) is 0 Å². The second-order valence-electron chi connectivity index (χ2n) is 4.73. The van der Waals surface area contributed by atoms with Gasteiger partial charge < -0.3 is 10.1 Å². The van der Waals surface area contributed by atoms with Crippen LogP contribution < -0.4 is 10.1 Å². The molecule has 20 heavy (non-hydrogen) atoms. The fourth-order valence-electron chi connectivity index (χ4n) is 1.99. The molecule has 0 unspecified atom stereocenters. The highest BCUT2D eigenvalue weighted by molar-refractivity contribution is 6.32. The predicted octanol–water partition coefficient (Wildman–Crippen LogP) is 3.07. The van der Waals surface area contributed by atoms with Crippen LogP contribution in [0.15, 0.2) is 24.3 Å². The third-order valence-corrected chi connectivity index (χ3v) is 3.35. The lowest BCUT2D eigenvalue weighted by Gasteiger charge is -2.10. The SMILES string of the molecule is CCNCc1ccc(OCc2cc(C)nn2C)c(Cl)c1. The number of aromatic nitrogens is 2. The first kappa shape index (κ1) is 14.9. The first-order chi connectivity index (χ1) is 9.60. The van der Waals surface area contributed by atoms with E-state index in [0.717, 1.165) is 30.0 Å². The highest BCUT2D eigenvalue weighted by Gasteiger charge is 2.06. The van der Waals surface area contributed by atoms with Crippen molar-refractivity contribution in [3.8, 4) is 5.75 Å². The van der Waals surface area contributed by atoms with Crippen molar-refractivity contribution in [1.29, 1.82) is 0 Å². The number of nitrogens with zero attached hydrogens (tertiary/aromatic N) is 2. The van der Waals surface area contributed by atoms with Crippen LogP contribution in [-0.2, 0) is 20.2 Å². The lowest BCUT2D eigenvalue weighted by atomic mass is 10.2. The molecule has 0 saturated carbocycles. The zero-order valence-electron chi connectivity index (χ0n) is 12.1. The number of rotatable bonds is 6. The Balaban J connectivity index is 2.01. The normalized spacial score (nSPS) is 10.8. The molecule has 4 nitrogen and oxygen atoms in total. The van der Waals surface area contributed by atoms with Crippen molar-refractivity contribution in [2.24, 2.45) is 7.05 Å². The van der Waals surface area contributed by atoms with Crippen molar-refractivity contribution in [2.75, 3.05) is 6.54 Å². The maximum atomic E-state index is 6.24. The molecule has 0 saturated heterocycles.